The van der Waals surface area contributed by atoms with Crippen LogP contribution >= 0.6 is 15.9 Å². The highest BCUT2D eigenvalue weighted by molar-refractivity contribution is 9.10. The summed E-state index contributed by atoms with van der Waals surface area (Å²) in [5, 5.41) is 1.07. The monoisotopic (exact) mass is 480 g/mol. The Balaban J connectivity index is 1.73. The van der Waals surface area contributed by atoms with Crippen LogP contribution in [0.5, 0.6) is 0 Å². The van der Waals surface area contributed by atoms with E-state index in [0.29, 0.717) is 17.9 Å². The zero-order valence-corrected chi connectivity index (χ0v) is 18.9. The molecule has 6 heteroatoms. The number of hydrogen-bond acceptors (Lipinski definition) is 2. The molecule has 5 rings (SSSR count). The van der Waals surface area contributed by atoms with Crippen molar-refractivity contribution in [3.05, 3.63) is 99.7 Å². The third-order valence-electron chi connectivity index (χ3n) is 5.78. The Bertz CT molecular complexity index is 1330. The summed E-state index contributed by atoms with van der Waals surface area (Å²) in [5.74, 6) is 0. The fourth-order valence-electron chi connectivity index (χ4n) is 4.31. The maximum absolute atomic E-state index is 13.7. The summed E-state index contributed by atoms with van der Waals surface area (Å²) in [5.41, 5.74) is 5.20. The predicted molar refractivity (Wildman–Crippen MR) is 123 cm³/mol. The summed E-state index contributed by atoms with van der Waals surface area (Å²) in [4.78, 5) is 3.85. The van der Waals surface area contributed by atoms with Crippen LogP contribution in [0.25, 0.3) is 10.9 Å². The molecule has 4 nitrogen and oxygen atoms in total. The molecule has 30 heavy (non-hydrogen) atoms. The van der Waals surface area contributed by atoms with Gasteiger partial charge in [-0.15, -0.1) is 0 Å². The summed E-state index contributed by atoms with van der Waals surface area (Å²) in [6, 6.07) is 22.8. The quantitative estimate of drug-likeness (QED) is 0.416. The Labute approximate surface area is 184 Å². The molecule has 0 aliphatic carbocycles. The minimum absolute atomic E-state index is 0.332. The number of hydrogen-bond donors (Lipinski definition) is 1. The van der Waals surface area contributed by atoms with E-state index < -0.39 is 10.0 Å². The average molecular weight is 481 g/mol. The summed E-state index contributed by atoms with van der Waals surface area (Å²) >= 11 is 3.49. The second-order valence-electron chi connectivity index (χ2n) is 7.70. The number of rotatable bonds is 3. The molecular weight excluding hydrogens is 460 g/mol. The maximum atomic E-state index is 13.7. The maximum Gasteiger partial charge on any atom is 0.243 e. The zero-order valence-electron chi connectivity index (χ0n) is 16.5. The van der Waals surface area contributed by atoms with Crippen molar-refractivity contribution >= 4 is 36.9 Å². The van der Waals surface area contributed by atoms with Crippen molar-refractivity contribution in [2.24, 2.45) is 0 Å². The minimum atomic E-state index is -3.67. The number of para-hydroxylation sites is 1. The molecule has 3 aromatic carbocycles. The lowest BCUT2D eigenvalue weighted by molar-refractivity contribution is 0.344. The number of H-pyrrole nitrogens is 1. The van der Waals surface area contributed by atoms with Crippen molar-refractivity contribution in [3.63, 3.8) is 0 Å². The van der Waals surface area contributed by atoms with Gasteiger partial charge in [-0.25, -0.2) is 8.42 Å². The molecule has 1 aliphatic rings. The van der Waals surface area contributed by atoms with Crippen molar-refractivity contribution in [2.75, 3.05) is 6.54 Å². The molecule has 1 aromatic heterocycles. The minimum Gasteiger partial charge on any atom is -0.358 e. The van der Waals surface area contributed by atoms with Crippen LogP contribution in [-0.2, 0) is 16.4 Å². The van der Waals surface area contributed by atoms with Crippen LogP contribution in [0.15, 0.2) is 82.2 Å². The van der Waals surface area contributed by atoms with Crippen molar-refractivity contribution in [1.82, 2.24) is 9.29 Å². The highest BCUT2D eigenvalue weighted by atomic mass is 79.9. The first-order chi connectivity index (χ1) is 14.4. The third kappa shape index (κ3) is 3.20. The van der Waals surface area contributed by atoms with Crippen molar-refractivity contribution in [3.8, 4) is 0 Å². The lowest BCUT2D eigenvalue weighted by Gasteiger charge is -2.35. The number of halogens is 1. The molecule has 0 amide bonds. The number of nitrogens with one attached hydrogen (secondary N) is 1. The van der Waals surface area contributed by atoms with Gasteiger partial charge in [-0.1, -0.05) is 64.0 Å². The van der Waals surface area contributed by atoms with Gasteiger partial charge in [0.2, 0.25) is 10.0 Å². The lowest BCUT2D eigenvalue weighted by atomic mass is 9.92. The zero-order chi connectivity index (χ0) is 20.9. The molecule has 0 saturated carbocycles. The van der Waals surface area contributed by atoms with E-state index in [-0.39, 0.29) is 6.04 Å². The molecule has 1 unspecified atom stereocenters. The Morgan fingerprint density at radius 3 is 2.40 bits per heavy atom. The van der Waals surface area contributed by atoms with E-state index in [1.807, 2.05) is 61.5 Å². The normalized spacial score (nSPS) is 17.2. The largest absolute Gasteiger partial charge is 0.358 e. The van der Waals surface area contributed by atoms with Crippen LogP contribution in [0.1, 0.15) is 28.4 Å². The molecule has 2 heterocycles. The van der Waals surface area contributed by atoms with E-state index in [2.05, 4.69) is 27.0 Å². The Kier molecular flexibility index (Phi) is 4.81. The Hall–Kier alpha value is -2.41. The van der Waals surface area contributed by atoms with Gasteiger partial charge in [0.1, 0.15) is 0 Å². The molecule has 4 aromatic rings. The van der Waals surface area contributed by atoms with Crippen LogP contribution in [0.4, 0.5) is 0 Å². The van der Waals surface area contributed by atoms with E-state index in [0.717, 1.165) is 37.8 Å². The number of sulfonamides is 1. The first kappa shape index (κ1) is 19.5. The molecule has 0 bridgehead atoms. The van der Waals surface area contributed by atoms with Gasteiger partial charge in [0, 0.05) is 39.6 Å². The van der Waals surface area contributed by atoms with Gasteiger partial charge in [-0.05, 0) is 42.8 Å². The van der Waals surface area contributed by atoms with Gasteiger partial charge < -0.3 is 4.98 Å². The van der Waals surface area contributed by atoms with Gasteiger partial charge in [-0.2, -0.15) is 4.31 Å². The summed E-state index contributed by atoms with van der Waals surface area (Å²) < 4.78 is 30.1. The van der Waals surface area contributed by atoms with E-state index in [9.17, 15) is 8.42 Å². The van der Waals surface area contributed by atoms with Crippen LogP contribution < -0.4 is 0 Å². The fourth-order valence-corrected chi connectivity index (χ4v) is 6.16. The number of aromatic nitrogens is 1. The van der Waals surface area contributed by atoms with Crippen molar-refractivity contribution < 1.29 is 8.42 Å². The van der Waals surface area contributed by atoms with E-state index in [1.165, 1.54) is 0 Å². The SMILES string of the molecule is Cc1ccc(S(=O)(=O)N2CCc3[nH]c4ccccc4c3C2c2ccc(Br)cc2)cc1. The molecule has 1 N–H and O–H groups in total. The molecule has 152 valence electrons. The Morgan fingerprint density at radius 2 is 1.67 bits per heavy atom. The van der Waals surface area contributed by atoms with E-state index in [1.54, 1.807) is 16.4 Å². The summed E-state index contributed by atoms with van der Waals surface area (Å²) in [6.07, 6.45) is 0.655. The number of benzene rings is 3. The number of nitrogens with zero attached hydrogens (tertiary/aromatic N) is 1. The van der Waals surface area contributed by atoms with Crippen LogP contribution in [-0.4, -0.2) is 24.3 Å². The highest BCUT2D eigenvalue weighted by Gasteiger charge is 2.39. The molecule has 1 aliphatic heterocycles. The second kappa shape index (κ2) is 7.38. The highest BCUT2D eigenvalue weighted by Crippen LogP contribution is 2.42. The predicted octanol–water partition coefficient (Wildman–Crippen LogP) is 5.58. The van der Waals surface area contributed by atoms with Gasteiger partial charge in [-0.3, -0.25) is 0 Å². The molecule has 0 spiro atoms. The third-order valence-corrected chi connectivity index (χ3v) is 8.19. The first-order valence-corrected chi connectivity index (χ1v) is 12.1. The van der Waals surface area contributed by atoms with Crippen LogP contribution in [0.3, 0.4) is 0 Å². The lowest BCUT2D eigenvalue weighted by Crippen LogP contribution is -2.40. The molecule has 0 fully saturated rings. The topological polar surface area (TPSA) is 53.2 Å². The first-order valence-electron chi connectivity index (χ1n) is 9.88. The number of fused-ring (bicyclic) bond motifs is 3. The summed E-state index contributed by atoms with van der Waals surface area (Å²) in [6.45, 7) is 2.39. The van der Waals surface area contributed by atoms with Crippen LogP contribution in [0, 0.1) is 6.92 Å². The van der Waals surface area contributed by atoms with Gasteiger partial charge >= 0.3 is 0 Å². The smallest absolute Gasteiger partial charge is 0.243 e. The second-order valence-corrected chi connectivity index (χ2v) is 10.5. The standard InChI is InChI=1S/C24H21BrN2O2S/c1-16-6-12-19(13-7-16)30(28,29)27-15-14-22-23(20-4-2-3-5-21(20)26-22)24(27)17-8-10-18(25)11-9-17/h2-13,24,26H,14-15H2,1H3. The number of aromatic amines is 1. The Morgan fingerprint density at radius 1 is 0.967 bits per heavy atom. The van der Waals surface area contributed by atoms with Gasteiger partial charge in [0.05, 0.1) is 10.9 Å². The summed E-state index contributed by atoms with van der Waals surface area (Å²) in [7, 11) is -3.67. The number of aryl methyl sites for hydroxylation is 1. The molecule has 0 radical (unpaired) electrons. The van der Waals surface area contributed by atoms with Crippen molar-refractivity contribution in [1.29, 1.82) is 0 Å². The van der Waals surface area contributed by atoms with E-state index >= 15 is 0 Å². The van der Waals surface area contributed by atoms with Gasteiger partial charge in [0.25, 0.3) is 0 Å². The van der Waals surface area contributed by atoms with Gasteiger partial charge in [0.15, 0.2) is 0 Å². The van der Waals surface area contributed by atoms with E-state index in [4.69, 9.17) is 0 Å². The molecular formula is C24H21BrN2O2S. The molecule has 0 saturated heterocycles. The molecule has 1 atom stereocenters. The average Bonchev–Trinajstić information content (AvgIpc) is 3.13. The van der Waals surface area contributed by atoms with Crippen LogP contribution in [0.2, 0.25) is 0 Å². The van der Waals surface area contributed by atoms with Crippen molar-refractivity contribution in [2.45, 2.75) is 24.3 Å². The fraction of sp³-hybridized carbons (Fsp3) is 0.167.